The standard InChI is InChI=1S/C13H19N3O2/c1-6-13(3,4)18-12-8-10(14-7-2)15-11(16-12)9-17-5/h1,8H,7,9H2,2-5H3,(H,14,15,16). The highest BCUT2D eigenvalue weighted by atomic mass is 16.5. The molecule has 0 atom stereocenters. The third kappa shape index (κ3) is 4.22. The molecular weight excluding hydrogens is 230 g/mol. The molecule has 0 fully saturated rings. The van der Waals surface area contributed by atoms with E-state index in [1.54, 1.807) is 27.0 Å². The largest absolute Gasteiger partial charge is 0.458 e. The van der Waals surface area contributed by atoms with Gasteiger partial charge in [0.1, 0.15) is 12.4 Å². The average Bonchev–Trinajstić information content (AvgIpc) is 2.29. The number of hydrogen-bond donors (Lipinski definition) is 1. The van der Waals surface area contributed by atoms with E-state index in [0.717, 1.165) is 6.54 Å². The fraction of sp³-hybridized carbons (Fsp3) is 0.538. The number of hydrogen-bond acceptors (Lipinski definition) is 5. The maximum absolute atomic E-state index is 5.64. The minimum absolute atomic E-state index is 0.325. The summed E-state index contributed by atoms with van der Waals surface area (Å²) in [5.41, 5.74) is -0.706. The molecule has 0 aliphatic rings. The van der Waals surface area contributed by atoms with Crippen molar-refractivity contribution in [1.82, 2.24) is 9.97 Å². The summed E-state index contributed by atoms with van der Waals surface area (Å²) in [6.45, 7) is 6.69. The van der Waals surface area contributed by atoms with Crippen molar-refractivity contribution in [3.05, 3.63) is 11.9 Å². The van der Waals surface area contributed by atoms with Gasteiger partial charge in [0, 0.05) is 19.7 Å². The van der Waals surface area contributed by atoms with E-state index in [9.17, 15) is 0 Å². The Hall–Kier alpha value is -1.80. The first-order valence-corrected chi connectivity index (χ1v) is 5.78. The Morgan fingerprint density at radius 3 is 2.72 bits per heavy atom. The number of nitrogens with zero attached hydrogens (tertiary/aromatic N) is 2. The summed E-state index contributed by atoms with van der Waals surface area (Å²) >= 11 is 0. The minimum Gasteiger partial charge on any atom is -0.458 e. The van der Waals surface area contributed by atoms with Gasteiger partial charge in [0.2, 0.25) is 5.88 Å². The van der Waals surface area contributed by atoms with E-state index >= 15 is 0 Å². The average molecular weight is 249 g/mol. The molecule has 0 aliphatic carbocycles. The summed E-state index contributed by atoms with van der Waals surface area (Å²) in [4.78, 5) is 8.53. The SMILES string of the molecule is C#CC(C)(C)Oc1cc(NCC)nc(COC)n1. The second-order valence-electron chi connectivity index (χ2n) is 4.23. The van der Waals surface area contributed by atoms with Crippen LogP contribution in [0.4, 0.5) is 5.82 Å². The summed E-state index contributed by atoms with van der Waals surface area (Å²) in [6.07, 6.45) is 5.39. The summed E-state index contributed by atoms with van der Waals surface area (Å²) in [5, 5.41) is 3.11. The van der Waals surface area contributed by atoms with Gasteiger partial charge in [-0.2, -0.15) is 4.98 Å². The number of aromatic nitrogens is 2. The van der Waals surface area contributed by atoms with Crippen molar-refractivity contribution in [1.29, 1.82) is 0 Å². The van der Waals surface area contributed by atoms with Crippen LogP contribution in [-0.4, -0.2) is 29.2 Å². The van der Waals surface area contributed by atoms with Crippen LogP contribution >= 0.6 is 0 Å². The monoisotopic (exact) mass is 249 g/mol. The molecule has 5 heteroatoms. The number of ether oxygens (including phenoxy) is 2. The lowest BCUT2D eigenvalue weighted by molar-refractivity contribution is 0.156. The van der Waals surface area contributed by atoms with Crippen molar-refractivity contribution in [2.24, 2.45) is 0 Å². The fourth-order valence-electron chi connectivity index (χ4n) is 1.28. The van der Waals surface area contributed by atoms with Crippen molar-refractivity contribution < 1.29 is 9.47 Å². The zero-order chi connectivity index (χ0) is 13.6. The number of terminal acetylenes is 1. The smallest absolute Gasteiger partial charge is 0.220 e. The Bertz CT molecular complexity index is 414. The predicted molar refractivity (Wildman–Crippen MR) is 70.4 cm³/mol. The normalized spacial score (nSPS) is 10.8. The van der Waals surface area contributed by atoms with E-state index in [-0.39, 0.29) is 0 Å². The second kappa shape index (κ2) is 6.22. The Labute approximate surface area is 108 Å². The molecule has 1 aromatic heterocycles. The zero-order valence-electron chi connectivity index (χ0n) is 11.3. The van der Waals surface area contributed by atoms with Crippen LogP contribution in [0.15, 0.2) is 6.07 Å². The van der Waals surface area contributed by atoms with E-state index in [2.05, 4.69) is 21.2 Å². The first kappa shape index (κ1) is 14.3. The Morgan fingerprint density at radius 2 is 2.17 bits per heavy atom. The van der Waals surface area contributed by atoms with Crippen molar-refractivity contribution in [2.45, 2.75) is 33.0 Å². The van der Waals surface area contributed by atoms with Gasteiger partial charge in [-0.3, -0.25) is 0 Å². The van der Waals surface area contributed by atoms with Crippen molar-refractivity contribution in [3.63, 3.8) is 0 Å². The second-order valence-corrected chi connectivity index (χ2v) is 4.23. The van der Waals surface area contributed by atoms with E-state index in [4.69, 9.17) is 15.9 Å². The lowest BCUT2D eigenvalue weighted by Crippen LogP contribution is -2.26. The molecule has 0 saturated carbocycles. The third-order valence-corrected chi connectivity index (χ3v) is 2.09. The van der Waals surface area contributed by atoms with Gasteiger partial charge in [-0.15, -0.1) is 6.42 Å². The molecule has 98 valence electrons. The molecule has 0 aliphatic heterocycles. The topological polar surface area (TPSA) is 56.3 Å². The van der Waals surface area contributed by atoms with Crippen LogP contribution in [-0.2, 0) is 11.3 Å². The van der Waals surface area contributed by atoms with E-state index in [1.807, 2.05) is 6.92 Å². The van der Waals surface area contributed by atoms with Gasteiger partial charge in [0.05, 0.1) is 0 Å². The molecule has 0 amide bonds. The summed E-state index contributed by atoms with van der Waals surface area (Å²) in [5.74, 6) is 4.25. The van der Waals surface area contributed by atoms with E-state index in [0.29, 0.717) is 24.1 Å². The molecule has 0 bridgehead atoms. The van der Waals surface area contributed by atoms with Gasteiger partial charge in [-0.1, -0.05) is 5.92 Å². The van der Waals surface area contributed by atoms with Crippen LogP contribution in [0.2, 0.25) is 0 Å². The number of methoxy groups -OCH3 is 1. The molecule has 0 saturated heterocycles. The van der Waals surface area contributed by atoms with Gasteiger partial charge < -0.3 is 14.8 Å². The van der Waals surface area contributed by atoms with Crippen LogP contribution < -0.4 is 10.1 Å². The molecule has 0 radical (unpaired) electrons. The van der Waals surface area contributed by atoms with E-state index < -0.39 is 5.60 Å². The van der Waals surface area contributed by atoms with Crippen molar-refractivity contribution in [3.8, 4) is 18.2 Å². The first-order valence-electron chi connectivity index (χ1n) is 5.78. The van der Waals surface area contributed by atoms with Gasteiger partial charge in [-0.25, -0.2) is 4.98 Å². The maximum atomic E-state index is 5.64. The molecule has 1 N–H and O–H groups in total. The third-order valence-electron chi connectivity index (χ3n) is 2.09. The Morgan fingerprint density at radius 1 is 1.44 bits per heavy atom. The molecular formula is C13H19N3O2. The maximum Gasteiger partial charge on any atom is 0.220 e. The van der Waals surface area contributed by atoms with E-state index in [1.165, 1.54) is 0 Å². The summed E-state index contributed by atoms with van der Waals surface area (Å²) in [7, 11) is 1.59. The zero-order valence-corrected chi connectivity index (χ0v) is 11.3. The first-order chi connectivity index (χ1) is 8.50. The highest BCUT2D eigenvalue weighted by Crippen LogP contribution is 2.19. The van der Waals surface area contributed by atoms with Crippen molar-refractivity contribution in [2.75, 3.05) is 19.0 Å². The van der Waals surface area contributed by atoms with Crippen LogP contribution in [0, 0.1) is 12.3 Å². The fourth-order valence-corrected chi connectivity index (χ4v) is 1.28. The summed E-state index contributed by atoms with van der Waals surface area (Å²) < 4.78 is 10.7. The molecule has 18 heavy (non-hydrogen) atoms. The Balaban J connectivity index is 2.99. The number of rotatable bonds is 6. The molecule has 5 nitrogen and oxygen atoms in total. The molecule has 1 heterocycles. The molecule has 0 spiro atoms. The minimum atomic E-state index is -0.706. The van der Waals surface area contributed by atoms with Crippen LogP contribution in [0.25, 0.3) is 0 Å². The van der Waals surface area contributed by atoms with Crippen molar-refractivity contribution >= 4 is 5.82 Å². The van der Waals surface area contributed by atoms with Crippen LogP contribution in [0.5, 0.6) is 5.88 Å². The van der Waals surface area contributed by atoms with Crippen LogP contribution in [0.3, 0.4) is 0 Å². The molecule has 0 unspecified atom stereocenters. The van der Waals surface area contributed by atoms with Crippen LogP contribution in [0.1, 0.15) is 26.6 Å². The van der Waals surface area contributed by atoms with Gasteiger partial charge >= 0.3 is 0 Å². The molecule has 1 aromatic rings. The number of nitrogens with one attached hydrogen (secondary N) is 1. The molecule has 0 aromatic carbocycles. The lowest BCUT2D eigenvalue weighted by atomic mass is 10.1. The number of anilines is 1. The molecule has 1 rings (SSSR count). The lowest BCUT2D eigenvalue weighted by Gasteiger charge is -2.20. The Kier molecular flexibility index (Phi) is 4.93. The quantitative estimate of drug-likeness (QED) is 0.780. The van der Waals surface area contributed by atoms with Gasteiger partial charge in [0.25, 0.3) is 0 Å². The highest BCUT2D eigenvalue weighted by molar-refractivity contribution is 5.38. The summed E-state index contributed by atoms with van der Waals surface area (Å²) in [6, 6.07) is 1.72. The highest BCUT2D eigenvalue weighted by Gasteiger charge is 2.17. The van der Waals surface area contributed by atoms with Gasteiger partial charge in [-0.05, 0) is 20.8 Å². The van der Waals surface area contributed by atoms with Gasteiger partial charge in [0.15, 0.2) is 11.4 Å². The predicted octanol–water partition coefficient (Wildman–Crippen LogP) is 1.85.